The first-order valence-electron chi connectivity index (χ1n) is 8.05. The van der Waals surface area contributed by atoms with E-state index in [-0.39, 0.29) is 0 Å². The molecule has 2 rings (SSSR count). The molecular weight excluding hydrogens is 531 g/mol. The number of aromatic nitrogens is 2. The molecule has 2 unspecified atom stereocenters. The van der Waals surface area contributed by atoms with E-state index in [1.165, 1.54) is 0 Å². The highest BCUT2D eigenvalue weighted by molar-refractivity contribution is 7.66. The number of alkyl halides is 2. The number of aromatic amines is 1. The van der Waals surface area contributed by atoms with Crippen LogP contribution in [0, 0.1) is 0 Å². The predicted molar refractivity (Wildman–Crippen MR) is 100 cm³/mol. The minimum atomic E-state index is -5.84. The number of hydrogen-bond acceptors (Lipinski definition) is 10. The fraction of sp³-hybridized carbons (Fsp3) is 0.636. The number of hydrogen-bond donors (Lipinski definition) is 6. The number of phosphoric ester groups is 1. The van der Waals surface area contributed by atoms with Crippen LogP contribution in [-0.2, 0) is 31.6 Å². The number of nitrogens with zero attached hydrogens (tertiary/aromatic N) is 1. The molecule has 0 amide bonds. The van der Waals surface area contributed by atoms with Gasteiger partial charge >= 0.3 is 29.2 Å². The average Bonchev–Trinajstić information content (AvgIpc) is 2.78. The van der Waals surface area contributed by atoms with Gasteiger partial charge in [0.05, 0.1) is 6.61 Å². The fourth-order valence-electron chi connectivity index (χ4n) is 2.74. The van der Waals surface area contributed by atoms with Crippen molar-refractivity contribution in [2.45, 2.75) is 29.7 Å². The summed E-state index contributed by atoms with van der Waals surface area (Å²) in [5.41, 5.74) is -4.38. The van der Waals surface area contributed by atoms with Crippen LogP contribution in [-0.4, -0.2) is 64.1 Å². The van der Waals surface area contributed by atoms with Gasteiger partial charge in [-0.1, -0.05) is 0 Å². The molecule has 32 heavy (non-hydrogen) atoms. The number of phosphoric acid groups is 3. The molecule has 6 N–H and O–H groups in total. The van der Waals surface area contributed by atoms with Crippen molar-refractivity contribution in [2.75, 3.05) is 13.3 Å². The second-order valence-electron chi connectivity index (χ2n) is 6.60. The summed E-state index contributed by atoms with van der Waals surface area (Å²) in [6, 6.07) is 0.894. The van der Waals surface area contributed by atoms with Gasteiger partial charge < -0.3 is 29.4 Å². The van der Waals surface area contributed by atoms with Gasteiger partial charge in [-0.05, 0) is 6.92 Å². The Morgan fingerprint density at radius 2 is 1.81 bits per heavy atom. The SMILES string of the molecule is C[C@@]1(Cl)[C@H](O)[C@@](CF)(COP(=O)(O)OP(=O)(O)OP(=O)(O)O)O[C@H]1n1ccc(=O)[nH]c1=O. The molecule has 1 aliphatic rings. The summed E-state index contributed by atoms with van der Waals surface area (Å²) < 4.78 is 65.2. The molecule has 1 aromatic rings. The van der Waals surface area contributed by atoms with E-state index >= 15 is 0 Å². The predicted octanol–water partition coefficient (Wildman–Crippen LogP) is -0.525. The van der Waals surface area contributed by atoms with E-state index in [4.69, 9.17) is 31.0 Å². The first kappa shape index (κ1) is 27.5. The van der Waals surface area contributed by atoms with Gasteiger partial charge in [-0.2, -0.15) is 8.62 Å². The maximum Gasteiger partial charge on any atom is 0.490 e. The Hall–Kier alpha value is -0.770. The lowest BCUT2D eigenvalue weighted by atomic mass is 9.91. The zero-order chi connectivity index (χ0) is 24.8. The van der Waals surface area contributed by atoms with E-state index in [0.29, 0.717) is 4.57 Å². The molecule has 0 aromatic carbocycles. The molecule has 0 radical (unpaired) electrons. The third kappa shape index (κ3) is 6.21. The topological polar surface area (TPSA) is 244 Å². The van der Waals surface area contributed by atoms with E-state index in [0.717, 1.165) is 19.2 Å². The van der Waals surface area contributed by atoms with Crippen molar-refractivity contribution < 1.29 is 60.6 Å². The highest BCUT2D eigenvalue weighted by Gasteiger charge is 2.63. The standard InChI is InChI=1S/C11H17ClFN2O14P3/c1-10(12)7(17)11(4-13,27-8(10)15-3-2-6(16)14-9(15)18)5-26-31(22,23)29-32(24,25)28-30(19,20)21/h2-3,7-8,17H,4-5H2,1H3,(H,22,23)(H,24,25)(H,14,16,18)(H2,19,20,21)/t7-,8+,10+,11+/m0/s1. The Balaban J connectivity index is 2.28. The smallest absolute Gasteiger partial charge is 0.388 e. The van der Waals surface area contributed by atoms with Gasteiger partial charge in [0.25, 0.3) is 5.56 Å². The number of H-pyrrole nitrogens is 1. The molecule has 0 bridgehead atoms. The van der Waals surface area contributed by atoms with Crippen molar-refractivity contribution in [3.8, 4) is 0 Å². The van der Waals surface area contributed by atoms with Crippen LogP contribution >= 0.6 is 35.1 Å². The molecule has 1 aromatic heterocycles. The van der Waals surface area contributed by atoms with Gasteiger partial charge in [-0.25, -0.2) is 22.9 Å². The summed E-state index contributed by atoms with van der Waals surface area (Å²) >= 11 is 6.22. The Bertz CT molecular complexity index is 1120. The normalized spacial score (nSPS) is 32.4. The summed E-state index contributed by atoms with van der Waals surface area (Å²) in [5, 5.41) is 10.5. The number of aliphatic hydroxyl groups is 1. The lowest BCUT2D eigenvalue weighted by Crippen LogP contribution is -2.51. The number of halogens is 2. The molecule has 2 heterocycles. The highest BCUT2D eigenvalue weighted by atomic mass is 35.5. The molecule has 6 atom stereocenters. The maximum absolute atomic E-state index is 13.9. The van der Waals surface area contributed by atoms with Crippen LogP contribution in [0.4, 0.5) is 4.39 Å². The Morgan fingerprint density at radius 3 is 2.31 bits per heavy atom. The molecule has 184 valence electrons. The van der Waals surface area contributed by atoms with Crippen molar-refractivity contribution in [3.63, 3.8) is 0 Å². The van der Waals surface area contributed by atoms with Crippen LogP contribution < -0.4 is 11.2 Å². The van der Waals surface area contributed by atoms with Gasteiger partial charge in [0.15, 0.2) is 11.8 Å². The van der Waals surface area contributed by atoms with Crippen molar-refractivity contribution in [1.82, 2.24) is 9.55 Å². The van der Waals surface area contributed by atoms with Gasteiger partial charge in [0, 0.05) is 12.3 Å². The summed E-state index contributed by atoms with van der Waals surface area (Å²) in [7, 11) is -17.2. The monoisotopic (exact) mass is 548 g/mol. The Kier molecular flexibility index (Phi) is 7.83. The van der Waals surface area contributed by atoms with Crippen molar-refractivity contribution in [1.29, 1.82) is 0 Å². The summed E-state index contributed by atoms with van der Waals surface area (Å²) in [6.45, 7) is -1.89. The number of rotatable bonds is 9. The molecule has 0 saturated carbocycles. The van der Waals surface area contributed by atoms with Gasteiger partial charge in [0.2, 0.25) is 0 Å². The molecule has 1 saturated heterocycles. The lowest BCUT2D eigenvalue weighted by Gasteiger charge is -2.30. The fourth-order valence-corrected chi connectivity index (χ4v) is 6.17. The number of aliphatic hydroxyl groups excluding tert-OH is 1. The van der Waals surface area contributed by atoms with E-state index < -0.39 is 70.8 Å². The van der Waals surface area contributed by atoms with Gasteiger partial charge in [0.1, 0.15) is 17.7 Å². The van der Waals surface area contributed by atoms with Crippen LogP contribution in [0.5, 0.6) is 0 Å². The summed E-state index contributed by atoms with van der Waals surface area (Å²) in [5.74, 6) is 0. The molecule has 21 heteroatoms. The first-order chi connectivity index (χ1) is 14.3. The Labute approximate surface area is 181 Å². The molecule has 1 aliphatic heterocycles. The third-order valence-electron chi connectivity index (χ3n) is 4.08. The van der Waals surface area contributed by atoms with Crippen molar-refractivity contribution in [2.24, 2.45) is 0 Å². The minimum Gasteiger partial charge on any atom is -0.388 e. The zero-order valence-corrected chi connectivity index (χ0v) is 19.1. The van der Waals surface area contributed by atoms with E-state index in [1.54, 1.807) is 0 Å². The second-order valence-corrected chi connectivity index (χ2v) is 11.8. The first-order valence-corrected chi connectivity index (χ1v) is 12.9. The molecule has 0 aliphatic carbocycles. The lowest BCUT2D eigenvalue weighted by molar-refractivity contribution is -0.135. The summed E-state index contributed by atoms with van der Waals surface area (Å²) in [4.78, 5) is 58.9. The minimum absolute atomic E-state index is 0.694. The molecule has 0 spiro atoms. The molecule has 1 fully saturated rings. The number of nitrogens with one attached hydrogen (secondary N) is 1. The molecular formula is C11H17ClFN2O14P3. The molecule has 16 nitrogen and oxygen atoms in total. The van der Waals surface area contributed by atoms with Crippen molar-refractivity contribution >= 4 is 35.1 Å². The quantitative estimate of drug-likeness (QED) is 0.168. The van der Waals surface area contributed by atoms with E-state index in [1.807, 2.05) is 4.98 Å². The van der Waals surface area contributed by atoms with Crippen molar-refractivity contribution in [3.05, 3.63) is 33.1 Å². The third-order valence-corrected chi connectivity index (χ3v) is 8.26. The second kappa shape index (κ2) is 9.12. The van der Waals surface area contributed by atoms with Crippen LogP contribution in [0.2, 0.25) is 0 Å². The van der Waals surface area contributed by atoms with E-state index in [9.17, 15) is 37.7 Å². The van der Waals surface area contributed by atoms with Crippen LogP contribution in [0.15, 0.2) is 21.9 Å². The summed E-state index contributed by atoms with van der Waals surface area (Å²) in [6.07, 6.45) is -2.77. The van der Waals surface area contributed by atoms with Gasteiger partial charge in [-0.3, -0.25) is 18.9 Å². The van der Waals surface area contributed by atoms with Crippen LogP contribution in [0.1, 0.15) is 13.2 Å². The average molecular weight is 549 g/mol. The van der Waals surface area contributed by atoms with Crippen LogP contribution in [0.3, 0.4) is 0 Å². The zero-order valence-electron chi connectivity index (χ0n) is 15.7. The van der Waals surface area contributed by atoms with Crippen LogP contribution in [0.25, 0.3) is 0 Å². The van der Waals surface area contributed by atoms with E-state index in [2.05, 4.69) is 13.1 Å². The largest absolute Gasteiger partial charge is 0.490 e. The maximum atomic E-state index is 13.9. The van der Waals surface area contributed by atoms with Gasteiger partial charge in [-0.15, -0.1) is 11.6 Å². The highest BCUT2D eigenvalue weighted by Crippen LogP contribution is 2.66. The number of ether oxygens (including phenoxy) is 1. The Morgan fingerprint density at radius 1 is 1.22 bits per heavy atom.